The number of benzene rings is 2. The topological polar surface area (TPSA) is 79.6 Å². The third kappa shape index (κ3) is 5.29. The Bertz CT molecular complexity index is 1430. The Morgan fingerprint density at radius 2 is 1.97 bits per heavy atom. The van der Waals surface area contributed by atoms with E-state index in [0.29, 0.717) is 5.11 Å². The molecular weight excluding hydrogens is 552 g/mol. The molecule has 4 aromatic rings. The summed E-state index contributed by atoms with van der Waals surface area (Å²) in [6, 6.07) is 23.1. The van der Waals surface area contributed by atoms with Gasteiger partial charge in [0.2, 0.25) is 5.91 Å². The number of nitrogens with one attached hydrogen (secondary N) is 2. The third-order valence-corrected chi connectivity index (χ3v) is 7.03. The second-order valence-corrected chi connectivity index (χ2v) is 9.99. The standard InChI is InChI=1S/C28H25BrN4O3S/c1-17-15-20(10-11-21(17)31-25(34)16-35-2)33-27(26(32-28(33)37)22-5-3-4-14-30-22)24-13-12-23(36-24)18-6-8-19(29)9-7-18/h3-15,26-27H,16H2,1-2H3,(H,31,34)(H,32,37)/t26-,27-/m1/s1. The molecule has 2 aromatic heterocycles. The minimum atomic E-state index is -0.278. The molecule has 1 aliphatic rings. The van der Waals surface area contributed by atoms with Crippen LogP contribution in [0.25, 0.3) is 11.3 Å². The van der Waals surface area contributed by atoms with Crippen molar-refractivity contribution in [1.82, 2.24) is 10.3 Å². The number of nitrogens with zero attached hydrogens (tertiary/aromatic N) is 2. The molecule has 1 saturated heterocycles. The van der Waals surface area contributed by atoms with E-state index in [1.54, 1.807) is 6.20 Å². The van der Waals surface area contributed by atoms with E-state index < -0.39 is 0 Å². The van der Waals surface area contributed by atoms with E-state index >= 15 is 0 Å². The maximum Gasteiger partial charge on any atom is 0.250 e. The molecule has 0 bridgehead atoms. The van der Waals surface area contributed by atoms with Crippen LogP contribution in [0, 0.1) is 6.92 Å². The number of anilines is 2. The second kappa shape index (κ2) is 10.8. The molecule has 9 heteroatoms. The summed E-state index contributed by atoms with van der Waals surface area (Å²) in [4.78, 5) is 18.7. The van der Waals surface area contributed by atoms with Gasteiger partial charge in [0.25, 0.3) is 0 Å². The summed E-state index contributed by atoms with van der Waals surface area (Å²) in [6.07, 6.45) is 1.77. The number of carbonyl (C=O) groups is 1. The molecule has 0 spiro atoms. The van der Waals surface area contributed by atoms with Crippen LogP contribution in [0.2, 0.25) is 0 Å². The lowest BCUT2D eigenvalue weighted by Gasteiger charge is -2.26. The Morgan fingerprint density at radius 1 is 1.16 bits per heavy atom. The van der Waals surface area contributed by atoms with Gasteiger partial charge in [0.15, 0.2) is 5.11 Å². The number of methoxy groups -OCH3 is 1. The first-order chi connectivity index (χ1) is 17.9. The Hall–Kier alpha value is -3.53. The molecular formula is C28H25BrN4O3S. The molecule has 188 valence electrons. The number of rotatable bonds is 7. The second-order valence-electron chi connectivity index (χ2n) is 8.69. The van der Waals surface area contributed by atoms with Gasteiger partial charge in [0.1, 0.15) is 24.2 Å². The number of hydrogen-bond acceptors (Lipinski definition) is 5. The maximum absolute atomic E-state index is 12.0. The number of amides is 1. The highest BCUT2D eigenvalue weighted by Crippen LogP contribution is 2.43. The highest BCUT2D eigenvalue weighted by molar-refractivity contribution is 9.10. The zero-order valence-corrected chi connectivity index (χ0v) is 22.7. The van der Waals surface area contributed by atoms with Gasteiger partial charge in [0, 0.05) is 34.7 Å². The fourth-order valence-electron chi connectivity index (χ4n) is 4.46. The summed E-state index contributed by atoms with van der Waals surface area (Å²) in [7, 11) is 1.49. The van der Waals surface area contributed by atoms with Gasteiger partial charge in [-0.1, -0.05) is 34.1 Å². The van der Waals surface area contributed by atoms with Crippen LogP contribution < -0.4 is 15.5 Å². The molecule has 37 heavy (non-hydrogen) atoms. The number of thiocarbonyl (C=S) groups is 1. The molecule has 0 aliphatic carbocycles. The minimum absolute atomic E-state index is 0.00561. The van der Waals surface area contributed by atoms with E-state index in [9.17, 15) is 4.79 Å². The number of furan rings is 1. The molecule has 1 fully saturated rings. The van der Waals surface area contributed by atoms with Crippen molar-refractivity contribution in [2.24, 2.45) is 0 Å². The van der Waals surface area contributed by atoms with Crippen LogP contribution in [0.1, 0.15) is 29.1 Å². The number of carbonyl (C=O) groups excluding carboxylic acids is 1. The minimum Gasteiger partial charge on any atom is -0.459 e. The van der Waals surface area contributed by atoms with Gasteiger partial charge >= 0.3 is 0 Å². The van der Waals surface area contributed by atoms with E-state index in [1.807, 2.05) is 84.6 Å². The van der Waals surface area contributed by atoms with Crippen molar-refractivity contribution in [3.63, 3.8) is 0 Å². The highest BCUT2D eigenvalue weighted by atomic mass is 79.9. The van der Waals surface area contributed by atoms with E-state index in [2.05, 4.69) is 31.5 Å². The molecule has 0 saturated carbocycles. The third-order valence-electron chi connectivity index (χ3n) is 6.18. The Kier molecular flexibility index (Phi) is 7.36. The summed E-state index contributed by atoms with van der Waals surface area (Å²) in [6.45, 7) is 1.94. The van der Waals surface area contributed by atoms with Crippen molar-refractivity contribution >= 4 is 50.5 Å². The van der Waals surface area contributed by atoms with Crippen molar-refractivity contribution in [3.05, 3.63) is 100 Å². The van der Waals surface area contributed by atoms with E-state index in [-0.39, 0.29) is 24.6 Å². The number of ether oxygens (including phenoxy) is 1. The van der Waals surface area contributed by atoms with Crippen molar-refractivity contribution in [1.29, 1.82) is 0 Å². The summed E-state index contributed by atoms with van der Waals surface area (Å²) in [5.74, 6) is 1.32. The van der Waals surface area contributed by atoms with Gasteiger partial charge in [-0.15, -0.1) is 0 Å². The van der Waals surface area contributed by atoms with Crippen molar-refractivity contribution < 1.29 is 13.9 Å². The molecule has 2 atom stereocenters. The first-order valence-corrected chi connectivity index (χ1v) is 12.9. The van der Waals surface area contributed by atoms with Gasteiger partial charge in [0.05, 0.1) is 11.7 Å². The molecule has 0 unspecified atom stereocenters. The zero-order chi connectivity index (χ0) is 25.9. The summed E-state index contributed by atoms with van der Waals surface area (Å²) in [5.41, 5.74) is 4.34. The molecule has 7 nitrogen and oxygen atoms in total. The Balaban J connectivity index is 1.53. The maximum atomic E-state index is 12.0. The SMILES string of the molecule is COCC(=O)Nc1ccc(N2C(=S)N[C@H](c3ccccn3)[C@H]2c2ccc(-c3ccc(Br)cc3)o2)cc1C. The first-order valence-electron chi connectivity index (χ1n) is 11.7. The van der Waals surface area contributed by atoms with Crippen LogP contribution in [0.3, 0.4) is 0 Å². The van der Waals surface area contributed by atoms with Gasteiger partial charge in [-0.25, -0.2) is 0 Å². The van der Waals surface area contributed by atoms with E-state index in [4.69, 9.17) is 21.4 Å². The average Bonchev–Trinajstić information content (AvgIpc) is 3.51. The molecule has 1 amide bonds. The van der Waals surface area contributed by atoms with Crippen LogP contribution in [-0.2, 0) is 9.53 Å². The number of hydrogen-bond donors (Lipinski definition) is 2. The molecule has 5 rings (SSSR count). The number of pyridine rings is 1. The molecule has 2 aromatic carbocycles. The van der Waals surface area contributed by atoms with Crippen LogP contribution in [-0.4, -0.2) is 29.7 Å². The Morgan fingerprint density at radius 3 is 2.68 bits per heavy atom. The normalized spacial score (nSPS) is 17.1. The smallest absolute Gasteiger partial charge is 0.250 e. The van der Waals surface area contributed by atoms with Crippen LogP contribution in [0.15, 0.2) is 87.9 Å². The van der Waals surface area contributed by atoms with E-state index in [0.717, 1.165) is 44.2 Å². The lowest BCUT2D eigenvalue weighted by molar-refractivity contribution is -0.119. The predicted octanol–water partition coefficient (Wildman–Crippen LogP) is 6.17. The van der Waals surface area contributed by atoms with Gasteiger partial charge in [-0.05, 0) is 79.3 Å². The molecule has 1 aliphatic heterocycles. The first kappa shape index (κ1) is 25.1. The van der Waals surface area contributed by atoms with Crippen molar-refractivity contribution in [2.75, 3.05) is 23.9 Å². The number of aryl methyl sites for hydroxylation is 1. The summed E-state index contributed by atoms with van der Waals surface area (Å²) >= 11 is 9.31. The fraction of sp³-hybridized carbons (Fsp3) is 0.179. The molecule has 0 radical (unpaired) electrons. The lowest BCUT2D eigenvalue weighted by Crippen LogP contribution is -2.29. The van der Waals surface area contributed by atoms with Crippen molar-refractivity contribution in [2.45, 2.75) is 19.0 Å². The summed E-state index contributed by atoms with van der Waals surface area (Å²) in [5, 5.41) is 6.90. The molecule has 3 heterocycles. The van der Waals surface area contributed by atoms with Crippen molar-refractivity contribution in [3.8, 4) is 11.3 Å². The lowest BCUT2D eigenvalue weighted by atomic mass is 10.0. The predicted molar refractivity (Wildman–Crippen MR) is 151 cm³/mol. The van der Waals surface area contributed by atoms with Gasteiger partial charge in [-0.2, -0.15) is 0 Å². The fourth-order valence-corrected chi connectivity index (χ4v) is 5.07. The van der Waals surface area contributed by atoms with Crippen LogP contribution in [0.5, 0.6) is 0 Å². The Labute approximate surface area is 229 Å². The monoisotopic (exact) mass is 576 g/mol. The van der Waals surface area contributed by atoms with Gasteiger partial charge < -0.3 is 24.7 Å². The summed E-state index contributed by atoms with van der Waals surface area (Å²) < 4.78 is 12.4. The largest absolute Gasteiger partial charge is 0.459 e. The van der Waals surface area contributed by atoms with Crippen LogP contribution in [0.4, 0.5) is 11.4 Å². The number of aromatic nitrogens is 1. The van der Waals surface area contributed by atoms with E-state index in [1.165, 1.54) is 7.11 Å². The zero-order valence-electron chi connectivity index (χ0n) is 20.3. The average molecular weight is 578 g/mol. The molecule has 2 N–H and O–H groups in total. The van der Waals surface area contributed by atoms with Gasteiger partial charge in [-0.3, -0.25) is 9.78 Å². The quantitative estimate of drug-likeness (QED) is 0.254. The number of halogens is 1. The van der Waals surface area contributed by atoms with Crippen LogP contribution >= 0.6 is 28.1 Å². The highest BCUT2D eigenvalue weighted by Gasteiger charge is 2.42.